The molecule has 0 aliphatic rings. The molecule has 0 aliphatic heterocycles. The molecule has 104 valence electrons. The van der Waals surface area contributed by atoms with Crippen LogP contribution in [0.1, 0.15) is 17.0 Å². The number of fused-ring (bicyclic) bond motifs is 1. The first-order chi connectivity index (χ1) is 9.69. The first-order valence-corrected chi connectivity index (χ1v) is 6.76. The Bertz CT molecular complexity index is 747. The highest BCUT2D eigenvalue weighted by Crippen LogP contribution is 2.25. The van der Waals surface area contributed by atoms with Crippen LogP contribution in [0.3, 0.4) is 0 Å². The van der Waals surface area contributed by atoms with Gasteiger partial charge in [0.2, 0.25) is 0 Å². The Balaban J connectivity index is 2.09. The predicted octanol–water partition coefficient (Wildman–Crippen LogP) is 2.75. The molecule has 1 aromatic carbocycles. The molecule has 20 heavy (non-hydrogen) atoms. The molecule has 0 aliphatic carbocycles. The van der Waals surface area contributed by atoms with Crippen LogP contribution in [-0.2, 0) is 13.1 Å². The standard InChI is InChI=1S/C14H15ClN4O/c1-9-13(18-20-17-9)8-19-7-10(6-16-2)12-4-3-11(15)5-14(12)19/h3-5,7,16H,6,8H2,1-2H3. The van der Waals surface area contributed by atoms with Gasteiger partial charge in [0.15, 0.2) is 0 Å². The van der Waals surface area contributed by atoms with Gasteiger partial charge in [-0.05, 0) is 31.7 Å². The van der Waals surface area contributed by atoms with Crippen LogP contribution in [0.4, 0.5) is 0 Å². The zero-order valence-electron chi connectivity index (χ0n) is 11.4. The van der Waals surface area contributed by atoms with Gasteiger partial charge in [-0.15, -0.1) is 0 Å². The summed E-state index contributed by atoms with van der Waals surface area (Å²) in [6, 6.07) is 5.93. The van der Waals surface area contributed by atoms with Crippen molar-refractivity contribution in [1.82, 2.24) is 20.2 Å². The van der Waals surface area contributed by atoms with Crippen LogP contribution in [0.5, 0.6) is 0 Å². The van der Waals surface area contributed by atoms with Crippen molar-refractivity contribution in [3.8, 4) is 0 Å². The van der Waals surface area contributed by atoms with Crippen molar-refractivity contribution in [3.05, 3.63) is 46.4 Å². The third kappa shape index (κ3) is 2.30. The Kier molecular flexibility index (Phi) is 3.46. The highest BCUT2D eigenvalue weighted by atomic mass is 35.5. The van der Waals surface area contributed by atoms with Gasteiger partial charge in [-0.2, -0.15) is 0 Å². The fourth-order valence-corrected chi connectivity index (χ4v) is 2.52. The Morgan fingerprint density at radius 3 is 2.90 bits per heavy atom. The van der Waals surface area contributed by atoms with E-state index in [9.17, 15) is 0 Å². The second-order valence-corrected chi connectivity index (χ2v) is 5.21. The number of rotatable bonds is 4. The summed E-state index contributed by atoms with van der Waals surface area (Å²) in [6.07, 6.45) is 2.12. The lowest BCUT2D eigenvalue weighted by atomic mass is 10.2. The Hall–Kier alpha value is -1.85. The second kappa shape index (κ2) is 5.26. The molecule has 0 radical (unpaired) electrons. The van der Waals surface area contributed by atoms with Gasteiger partial charge in [0, 0.05) is 23.2 Å². The van der Waals surface area contributed by atoms with Gasteiger partial charge in [0.25, 0.3) is 0 Å². The molecule has 2 heterocycles. The van der Waals surface area contributed by atoms with E-state index in [1.54, 1.807) is 0 Å². The summed E-state index contributed by atoms with van der Waals surface area (Å²) in [7, 11) is 1.94. The summed E-state index contributed by atoms with van der Waals surface area (Å²) >= 11 is 6.11. The Morgan fingerprint density at radius 1 is 1.35 bits per heavy atom. The minimum Gasteiger partial charge on any atom is -0.341 e. The average molecular weight is 291 g/mol. The molecule has 0 spiro atoms. The van der Waals surface area contributed by atoms with Gasteiger partial charge in [0.05, 0.1) is 12.1 Å². The van der Waals surface area contributed by atoms with Crippen LogP contribution < -0.4 is 5.32 Å². The maximum Gasteiger partial charge on any atom is 0.127 e. The van der Waals surface area contributed by atoms with Gasteiger partial charge in [-0.3, -0.25) is 0 Å². The molecule has 2 aromatic heterocycles. The first kappa shape index (κ1) is 13.1. The Labute approximate surface area is 121 Å². The molecule has 5 nitrogen and oxygen atoms in total. The number of aromatic nitrogens is 3. The molecule has 0 atom stereocenters. The monoisotopic (exact) mass is 290 g/mol. The van der Waals surface area contributed by atoms with Crippen LogP contribution >= 0.6 is 11.6 Å². The van der Waals surface area contributed by atoms with E-state index in [1.807, 2.05) is 26.1 Å². The predicted molar refractivity (Wildman–Crippen MR) is 77.8 cm³/mol. The molecule has 6 heteroatoms. The van der Waals surface area contributed by atoms with Crippen molar-refractivity contribution in [1.29, 1.82) is 0 Å². The number of nitrogens with zero attached hydrogens (tertiary/aromatic N) is 3. The van der Waals surface area contributed by atoms with E-state index in [-0.39, 0.29) is 0 Å². The SMILES string of the molecule is CNCc1cn(Cc2nonc2C)c2cc(Cl)ccc12. The minimum atomic E-state index is 0.621. The lowest BCUT2D eigenvalue weighted by Gasteiger charge is -2.02. The summed E-state index contributed by atoms with van der Waals surface area (Å²) in [5, 5.41) is 12.9. The average Bonchev–Trinajstić information content (AvgIpc) is 2.96. The van der Waals surface area contributed by atoms with Crippen molar-refractivity contribution in [2.75, 3.05) is 7.05 Å². The highest BCUT2D eigenvalue weighted by Gasteiger charge is 2.12. The topological polar surface area (TPSA) is 55.9 Å². The molecule has 0 bridgehead atoms. The summed E-state index contributed by atoms with van der Waals surface area (Å²) in [5.74, 6) is 0. The van der Waals surface area contributed by atoms with E-state index < -0.39 is 0 Å². The van der Waals surface area contributed by atoms with E-state index in [0.717, 1.165) is 28.5 Å². The minimum absolute atomic E-state index is 0.621. The molecule has 0 saturated heterocycles. The van der Waals surface area contributed by atoms with Crippen molar-refractivity contribution in [3.63, 3.8) is 0 Å². The zero-order chi connectivity index (χ0) is 14.1. The van der Waals surface area contributed by atoms with Crippen molar-refractivity contribution in [2.24, 2.45) is 0 Å². The zero-order valence-corrected chi connectivity index (χ0v) is 12.1. The van der Waals surface area contributed by atoms with E-state index in [2.05, 4.69) is 32.5 Å². The smallest absolute Gasteiger partial charge is 0.127 e. The van der Waals surface area contributed by atoms with Crippen molar-refractivity contribution < 1.29 is 4.63 Å². The van der Waals surface area contributed by atoms with Crippen LogP contribution in [0, 0.1) is 6.92 Å². The van der Waals surface area contributed by atoms with E-state index in [1.165, 1.54) is 10.9 Å². The maximum absolute atomic E-state index is 6.11. The normalized spacial score (nSPS) is 11.3. The third-order valence-electron chi connectivity index (χ3n) is 3.36. The number of hydrogen-bond donors (Lipinski definition) is 1. The maximum atomic E-state index is 6.11. The lowest BCUT2D eigenvalue weighted by Crippen LogP contribution is -2.04. The van der Waals surface area contributed by atoms with Gasteiger partial charge in [-0.1, -0.05) is 28.0 Å². The summed E-state index contributed by atoms with van der Waals surface area (Å²) < 4.78 is 6.88. The highest BCUT2D eigenvalue weighted by molar-refractivity contribution is 6.31. The third-order valence-corrected chi connectivity index (χ3v) is 3.60. The molecular formula is C14H15ClN4O. The first-order valence-electron chi connectivity index (χ1n) is 6.39. The number of nitrogens with one attached hydrogen (secondary N) is 1. The van der Waals surface area contributed by atoms with Crippen LogP contribution in [0.25, 0.3) is 10.9 Å². The second-order valence-electron chi connectivity index (χ2n) is 4.77. The van der Waals surface area contributed by atoms with Crippen LogP contribution in [0.15, 0.2) is 29.0 Å². The largest absolute Gasteiger partial charge is 0.341 e. The van der Waals surface area contributed by atoms with E-state index in [4.69, 9.17) is 16.2 Å². The molecule has 0 fully saturated rings. The van der Waals surface area contributed by atoms with E-state index in [0.29, 0.717) is 6.54 Å². The number of hydrogen-bond acceptors (Lipinski definition) is 4. The lowest BCUT2D eigenvalue weighted by molar-refractivity contribution is 0.300. The van der Waals surface area contributed by atoms with Crippen molar-refractivity contribution >= 4 is 22.5 Å². The fraction of sp³-hybridized carbons (Fsp3) is 0.286. The molecule has 0 amide bonds. The van der Waals surface area contributed by atoms with Crippen LogP contribution in [0.2, 0.25) is 5.02 Å². The molecule has 1 N–H and O–H groups in total. The number of benzene rings is 1. The van der Waals surface area contributed by atoms with Crippen molar-refractivity contribution in [2.45, 2.75) is 20.0 Å². The van der Waals surface area contributed by atoms with E-state index >= 15 is 0 Å². The summed E-state index contributed by atoms with van der Waals surface area (Å²) in [5.41, 5.74) is 3.96. The van der Waals surface area contributed by atoms with Gasteiger partial charge < -0.3 is 9.88 Å². The molecular weight excluding hydrogens is 276 g/mol. The van der Waals surface area contributed by atoms with Gasteiger partial charge >= 0.3 is 0 Å². The number of halogens is 1. The molecule has 3 aromatic rings. The Morgan fingerprint density at radius 2 is 2.20 bits per heavy atom. The van der Waals surface area contributed by atoms with Gasteiger partial charge in [-0.25, -0.2) is 4.63 Å². The summed E-state index contributed by atoms with van der Waals surface area (Å²) in [6.45, 7) is 3.32. The summed E-state index contributed by atoms with van der Waals surface area (Å²) in [4.78, 5) is 0. The quantitative estimate of drug-likeness (QED) is 0.803. The molecule has 3 rings (SSSR count). The van der Waals surface area contributed by atoms with Crippen LogP contribution in [-0.4, -0.2) is 21.9 Å². The fourth-order valence-electron chi connectivity index (χ4n) is 2.36. The molecule has 0 saturated carbocycles. The van der Waals surface area contributed by atoms with Gasteiger partial charge in [0.1, 0.15) is 11.4 Å². The number of aryl methyl sites for hydroxylation is 1. The molecule has 0 unspecified atom stereocenters.